The van der Waals surface area contributed by atoms with Crippen molar-refractivity contribution >= 4 is 11.7 Å². The molecule has 0 saturated heterocycles. The molecule has 0 saturated carbocycles. The smallest absolute Gasteiger partial charge is 0.220 e. The summed E-state index contributed by atoms with van der Waals surface area (Å²) in [5.74, 6) is -0.931. The highest BCUT2D eigenvalue weighted by Gasteiger charge is 2.11. The molecule has 1 aromatic rings. The van der Waals surface area contributed by atoms with Crippen LogP contribution < -0.4 is 10.1 Å². The summed E-state index contributed by atoms with van der Waals surface area (Å²) in [6.45, 7) is 2.34. The molecule has 0 unspecified atom stereocenters. The maximum Gasteiger partial charge on any atom is 0.220 e. The molecule has 0 atom stereocenters. The number of methoxy groups -OCH3 is 1. The summed E-state index contributed by atoms with van der Waals surface area (Å²) in [6.07, 6.45) is 0.178. The Morgan fingerprint density at radius 2 is 2.06 bits per heavy atom. The van der Waals surface area contributed by atoms with E-state index < -0.39 is 5.82 Å². The van der Waals surface area contributed by atoms with Gasteiger partial charge in [0.1, 0.15) is 0 Å². The van der Waals surface area contributed by atoms with Crippen LogP contribution in [-0.4, -0.2) is 25.3 Å². The second-order valence-corrected chi connectivity index (χ2v) is 3.73. The Balaban J connectivity index is 2.62. The third-order valence-corrected chi connectivity index (χ3v) is 2.43. The van der Waals surface area contributed by atoms with Crippen LogP contribution in [0.2, 0.25) is 0 Å². The first-order valence-electron chi connectivity index (χ1n) is 5.72. The van der Waals surface area contributed by atoms with E-state index in [1.54, 1.807) is 6.92 Å². The average molecular weight is 253 g/mol. The normalized spacial score (nSPS) is 9.94. The van der Waals surface area contributed by atoms with Crippen LogP contribution in [0.25, 0.3) is 0 Å². The lowest BCUT2D eigenvalue weighted by atomic mass is 10.1. The van der Waals surface area contributed by atoms with E-state index >= 15 is 0 Å². The standard InChI is InChI=1S/C13H16FNO3/c1-3-15-13(17)7-5-11(16)9-4-6-12(18-2)10(14)8-9/h4,6,8H,3,5,7H2,1-2H3,(H,15,17). The van der Waals surface area contributed by atoms with E-state index in [-0.39, 0.29) is 35.8 Å². The van der Waals surface area contributed by atoms with Crippen molar-refractivity contribution in [3.63, 3.8) is 0 Å². The summed E-state index contributed by atoms with van der Waals surface area (Å²) in [5.41, 5.74) is 0.248. The fourth-order valence-corrected chi connectivity index (χ4v) is 1.50. The molecule has 1 N–H and O–H groups in total. The van der Waals surface area contributed by atoms with Crippen molar-refractivity contribution in [3.8, 4) is 5.75 Å². The number of rotatable bonds is 6. The Labute approximate surface area is 105 Å². The average Bonchev–Trinajstić information content (AvgIpc) is 2.36. The zero-order chi connectivity index (χ0) is 13.5. The molecule has 0 aromatic heterocycles. The van der Waals surface area contributed by atoms with E-state index in [1.807, 2.05) is 0 Å². The van der Waals surface area contributed by atoms with Gasteiger partial charge in [0.25, 0.3) is 0 Å². The number of ether oxygens (including phenoxy) is 1. The molecule has 4 nitrogen and oxygen atoms in total. The number of amides is 1. The molecule has 0 aliphatic rings. The number of hydrogen-bond acceptors (Lipinski definition) is 3. The van der Waals surface area contributed by atoms with E-state index in [0.717, 1.165) is 6.07 Å². The second-order valence-electron chi connectivity index (χ2n) is 3.73. The molecule has 0 radical (unpaired) electrons. The van der Waals surface area contributed by atoms with Gasteiger partial charge in [-0.3, -0.25) is 9.59 Å². The molecule has 1 rings (SSSR count). The fourth-order valence-electron chi connectivity index (χ4n) is 1.50. The lowest BCUT2D eigenvalue weighted by Gasteiger charge is -2.05. The molecule has 0 spiro atoms. The monoisotopic (exact) mass is 253 g/mol. The van der Waals surface area contributed by atoms with Gasteiger partial charge in [-0.1, -0.05) is 0 Å². The quantitative estimate of drug-likeness (QED) is 0.788. The van der Waals surface area contributed by atoms with Gasteiger partial charge in [-0.2, -0.15) is 0 Å². The zero-order valence-corrected chi connectivity index (χ0v) is 10.5. The first-order valence-corrected chi connectivity index (χ1v) is 5.72. The molecule has 18 heavy (non-hydrogen) atoms. The van der Waals surface area contributed by atoms with Gasteiger partial charge in [-0.05, 0) is 25.1 Å². The van der Waals surface area contributed by atoms with E-state index in [0.29, 0.717) is 6.54 Å². The van der Waals surface area contributed by atoms with Gasteiger partial charge in [-0.25, -0.2) is 4.39 Å². The van der Waals surface area contributed by atoms with Gasteiger partial charge < -0.3 is 10.1 Å². The maximum absolute atomic E-state index is 13.4. The van der Waals surface area contributed by atoms with Crippen molar-refractivity contribution < 1.29 is 18.7 Å². The van der Waals surface area contributed by atoms with Crippen LogP contribution in [0.5, 0.6) is 5.75 Å². The Kier molecular flexibility index (Phi) is 5.30. The summed E-state index contributed by atoms with van der Waals surface area (Å²) >= 11 is 0. The van der Waals surface area contributed by atoms with Crippen molar-refractivity contribution in [2.75, 3.05) is 13.7 Å². The van der Waals surface area contributed by atoms with Gasteiger partial charge >= 0.3 is 0 Å². The highest BCUT2D eigenvalue weighted by atomic mass is 19.1. The largest absolute Gasteiger partial charge is 0.494 e. The van der Waals surface area contributed by atoms with Crippen molar-refractivity contribution in [3.05, 3.63) is 29.6 Å². The van der Waals surface area contributed by atoms with Gasteiger partial charge in [0.15, 0.2) is 17.3 Å². The molecule has 1 amide bonds. The van der Waals surface area contributed by atoms with Crippen LogP contribution in [0.1, 0.15) is 30.1 Å². The maximum atomic E-state index is 13.4. The first kappa shape index (κ1) is 14.2. The van der Waals surface area contributed by atoms with Crippen LogP contribution >= 0.6 is 0 Å². The van der Waals surface area contributed by atoms with Crippen molar-refractivity contribution in [1.29, 1.82) is 0 Å². The van der Waals surface area contributed by atoms with E-state index in [4.69, 9.17) is 4.74 Å². The third kappa shape index (κ3) is 3.84. The Bertz CT molecular complexity index is 446. The zero-order valence-electron chi connectivity index (χ0n) is 10.5. The molecule has 5 heteroatoms. The van der Waals surface area contributed by atoms with Gasteiger partial charge in [0.2, 0.25) is 5.91 Å². The van der Waals surface area contributed by atoms with E-state index in [2.05, 4.69) is 5.32 Å². The lowest BCUT2D eigenvalue weighted by Crippen LogP contribution is -2.23. The van der Waals surface area contributed by atoms with E-state index in [1.165, 1.54) is 19.2 Å². The topological polar surface area (TPSA) is 55.4 Å². The molecule has 98 valence electrons. The van der Waals surface area contributed by atoms with Crippen LogP contribution in [0.4, 0.5) is 4.39 Å². The molecule has 0 fully saturated rings. The van der Waals surface area contributed by atoms with Crippen LogP contribution in [0.15, 0.2) is 18.2 Å². The Hall–Kier alpha value is -1.91. The van der Waals surface area contributed by atoms with Crippen LogP contribution in [0, 0.1) is 5.82 Å². The number of benzene rings is 1. The number of hydrogen-bond donors (Lipinski definition) is 1. The number of nitrogens with one attached hydrogen (secondary N) is 1. The van der Waals surface area contributed by atoms with Gasteiger partial charge in [-0.15, -0.1) is 0 Å². The molecule has 1 aromatic carbocycles. The highest BCUT2D eigenvalue weighted by molar-refractivity contribution is 5.98. The number of ketones is 1. The molecule has 0 heterocycles. The Morgan fingerprint density at radius 1 is 1.33 bits per heavy atom. The lowest BCUT2D eigenvalue weighted by molar-refractivity contribution is -0.120. The predicted molar refractivity (Wildman–Crippen MR) is 65.2 cm³/mol. The minimum absolute atomic E-state index is 0.0671. The summed E-state index contributed by atoms with van der Waals surface area (Å²) in [6, 6.07) is 4.01. The molecular formula is C13H16FNO3. The fraction of sp³-hybridized carbons (Fsp3) is 0.385. The first-order chi connectivity index (χ1) is 8.58. The summed E-state index contributed by atoms with van der Waals surface area (Å²) in [5, 5.41) is 2.60. The number of carbonyl (C=O) groups is 2. The van der Waals surface area contributed by atoms with Crippen LogP contribution in [-0.2, 0) is 4.79 Å². The van der Waals surface area contributed by atoms with Crippen LogP contribution in [0.3, 0.4) is 0 Å². The third-order valence-electron chi connectivity index (χ3n) is 2.43. The highest BCUT2D eigenvalue weighted by Crippen LogP contribution is 2.18. The summed E-state index contributed by atoms with van der Waals surface area (Å²) in [4.78, 5) is 22.9. The minimum atomic E-state index is -0.582. The SMILES string of the molecule is CCNC(=O)CCC(=O)c1ccc(OC)c(F)c1. The minimum Gasteiger partial charge on any atom is -0.494 e. The van der Waals surface area contributed by atoms with Crippen molar-refractivity contribution in [1.82, 2.24) is 5.32 Å². The number of Topliss-reactive ketones (excluding diaryl/α,β-unsaturated/α-hetero) is 1. The molecule has 0 aliphatic carbocycles. The van der Waals surface area contributed by atoms with Crippen molar-refractivity contribution in [2.24, 2.45) is 0 Å². The predicted octanol–water partition coefficient (Wildman–Crippen LogP) is 1.93. The number of carbonyl (C=O) groups excluding carboxylic acids is 2. The molecule has 0 bridgehead atoms. The second kappa shape index (κ2) is 6.74. The van der Waals surface area contributed by atoms with Crippen molar-refractivity contribution in [2.45, 2.75) is 19.8 Å². The molecular weight excluding hydrogens is 237 g/mol. The molecule has 0 aliphatic heterocycles. The van der Waals surface area contributed by atoms with Gasteiger partial charge in [0, 0.05) is 24.9 Å². The summed E-state index contributed by atoms with van der Waals surface area (Å²) in [7, 11) is 1.36. The Morgan fingerprint density at radius 3 is 2.61 bits per heavy atom. The number of halogens is 1. The van der Waals surface area contributed by atoms with Gasteiger partial charge in [0.05, 0.1) is 7.11 Å². The van der Waals surface area contributed by atoms with E-state index in [9.17, 15) is 14.0 Å². The summed E-state index contributed by atoms with van der Waals surface area (Å²) < 4.78 is 18.1.